The molecular formula is C19H21ClN4O2. The summed E-state index contributed by atoms with van der Waals surface area (Å²) in [5.74, 6) is -0.424. The van der Waals surface area contributed by atoms with Gasteiger partial charge < -0.3 is 15.1 Å². The summed E-state index contributed by atoms with van der Waals surface area (Å²) in [6, 6.07) is 13.2. The third-order valence-electron chi connectivity index (χ3n) is 4.31. The molecule has 1 aliphatic heterocycles. The van der Waals surface area contributed by atoms with E-state index in [1.54, 1.807) is 11.1 Å². The number of nitrogens with one attached hydrogen (secondary N) is 1. The Kier molecular flexibility index (Phi) is 6.07. The van der Waals surface area contributed by atoms with E-state index in [2.05, 4.69) is 15.2 Å². The van der Waals surface area contributed by atoms with Gasteiger partial charge in [0, 0.05) is 43.1 Å². The van der Waals surface area contributed by atoms with E-state index in [0.29, 0.717) is 24.7 Å². The number of nitrogens with zero attached hydrogens (tertiary/aromatic N) is 3. The molecular weight excluding hydrogens is 352 g/mol. The number of amides is 2. The van der Waals surface area contributed by atoms with Gasteiger partial charge in [-0.1, -0.05) is 23.7 Å². The number of rotatable bonds is 5. The van der Waals surface area contributed by atoms with Gasteiger partial charge in [0.05, 0.1) is 12.2 Å². The summed E-state index contributed by atoms with van der Waals surface area (Å²) in [6.07, 6.45) is 1.54. The number of aromatic nitrogens is 1. The molecule has 0 atom stereocenters. The lowest BCUT2D eigenvalue weighted by atomic mass is 10.2. The number of carbonyl (C=O) groups is 2. The fourth-order valence-electron chi connectivity index (χ4n) is 2.89. The monoisotopic (exact) mass is 372 g/mol. The third kappa shape index (κ3) is 4.95. The van der Waals surface area contributed by atoms with Crippen LogP contribution < -0.4 is 10.2 Å². The Bertz CT molecular complexity index is 761. The smallest absolute Gasteiger partial charge is 0.232 e. The maximum Gasteiger partial charge on any atom is 0.232 e. The minimum Gasteiger partial charge on any atom is -0.368 e. The molecule has 0 saturated carbocycles. The normalized spacial score (nSPS) is 14.2. The number of halogens is 1. The SMILES string of the molecule is O=C(CC(=O)N1CCN(c2cccc(Cl)c2)CC1)NCc1ccccn1. The van der Waals surface area contributed by atoms with Crippen LogP contribution in [0.3, 0.4) is 0 Å². The molecule has 1 aromatic carbocycles. The highest BCUT2D eigenvalue weighted by atomic mass is 35.5. The summed E-state index contributed by atoms with van der Waals surface area (Å²) in [4.78, 5) is 32.4. The third-order valence-corrected chi connectivity index (χ3v) is 4.55. The first-order valence-electron chi connectivity index (χ1n) is 8.57. The summed E-state index contributed by atoms with van der Waals surface area (Å²) < 4.78 is 0. The molecule has 2 amide bonds. The Hall–Kier alpha value is -2.60. The zero-order valence-corrected chi connectivity index (χ0v) is 15.2. The molecule has 0 unspecified atom stereocenters. The van der Waals surface area contributed by atoms with Crippen LogP contribution in [0.4, 0.5) is 5.69 Å². The average molecular weight is 373 g/mol. The summed E-state index contributed by atoms with van der Waals surface area (Å²) in [5.41, 5.74) is 1.82. The van der Waals surface area contributed by atoms with Crippen LogP contribution in [0.2, 0.25) is 5.02 Å². The maximum atomic E-state index is 12.3. The summed E-state index contributed by atoms with van der Waals surface area (Å²) in [7, 11) is 0. The fourth-order valence-corrected chi connectivity index (χ4v) is 3.07. The molecule has 2 heterocycles. The van der Waals surface area contributed by atoms with E-state index in [4.69, 9.17) is 11.6 Å². The standard InChI is InChI=1S/C19H21ClN4O2/c20-15-4-3-6-17(12-15)23-8-10-24(11-9-23)19(26)13-18(25)22-14-16-5-1-2-7-21-16/h1-7,12H,8-11,13-14H2,(H,22,25). The number of pyridine rings is 1. The molecule has 136 valence electrons. The van der Waals surface area contributed by atoms with Crippen molar-refractivity contribution < 1.29 is 9.59 Å². The molecule has 1 N–H and O–H groups in total. The molecule has 0 radical (unpaired) electrons. The maximum absolute atomic E-state index is 12.3. The topological polar surface area (TPSA) is 65.5 Å². The summed E-state index contributed by atoms with van der Waals surface area (Å²) in [5, 5.41) is 3.44. The Morgan fingerprint density at radius 3 is 2.58 bits per heavy atom. The second-order valence-electron chi connectivity index (χ2n) is 6.12. The van der Waals surface area contributed by atoms with E-state index < -0.39 is 0 Å². The van der Waals surface area contributed by atoms with Crippen LogP contribution in [0.15, 0.2) is 48.7 Å². The number of carbonyl (C=O) groups excluding carboxylic acids is 2. The van der Waals surface area contributed by atoms with Gasteiger partial charge in [-0.2, -0.15) is 0 Å². The van der Waals surface area contributed by atoms with Crippen LogP contribution in [0.1, 0.15) is 12.1 Å². The molecule has 7 heteroatoms. The van der Waals surface area contributed by atoms with Crippen molar-refractivity contribution in [1.82, 2.24) is 15.2 Å². The molecule has 1 aliphatic rings. The average Bonchev–Trinajstić information content (AvgIpc) is 2.67. The summed E-state index contributed by atoms with van der Waals surface area (Å²) in [6.45, 7) is 2.97. The molecule has 26 heavy (non-hydrogen) atoms. The molecule has 1 fully saturated rings. The Balaban J connectivity index is 1.44. The van der Waals surface area contributed by atoms with Gasteiger partial charge in [0.25, 0.3) is 0 Å². The van der Waals surface area contributed by atoms with E-state index in [9.17, 15) is 9.59 Å². The van der Waals surface area contributed by atoms with Gasteiger partial charge in [-0.3, -0.25) is 14.6 Å². The molecule has 0 spiro atoms. The minimum absolute atomic E-state index is 0.135. The zero-order valence-electron chi connectivity index (χ0n) is 14.4. The molecule has 1 aromatic heterocycles. The van der Waals surface area contributed by atoms with Crippen molar-refractivity contribution in [3.05, 3.63) is 59.4 Å². The van der Waals surface area contributed by atoms with Gasteiger partial charge in [-0.25, -0.2) is 0 Å². The second-order valence-corrected chi connectivity index (χ2v) is 6.56. The number of piperazine rings is 1. The highest BCUT2D eigenvalue weighted by molar-refractivity contribution is 6.30. The van der Waals surface area contributed by atoms with Crippen LogP contribution >= 0.6 is 11.6 Å². The zero-order chi connectivity index (χ0) is 18.4. The van der Waals surface area contributed by atoms with Crippen molar-refractivity contribution in [2.24, 2.45) is 0 Å². The van der Waals surface area contributed by atoms with Crippen molar-refractivity contribution in [3.63, 3.8) is 0 Å². The largest absolute Gasteiger partial charge is 0.368 e. The highest BCUT2D eigenvalue weighted by Gasteiger charge is 2.23. The summed E-state index contributed by atoms with van der Waals surface area (Å²) >= 11 is 6.03. The van der Waals surface area contributed by atoms with E-state index in [1.165, 1.54) is 0 Å². The lowest BCUT2D eigenvalue weighted by molar-refractivity contribution is -0.136. The minimum atomic E-state index is -0.280. The first kappa shape index (κ1) is 18.2. The van der Waals surface area contributed by atoms with Crippen molar-refractivity contribution in [3.8, 4) is 0 Å². The van der Waals surface area contributed by atoms with E-state index in [-0.39, 0.29) is 18.2 Å². The Labute approximate surface area is 157 Å². The first-order valence-corrected chi connectivity index (χ1v) is 8.94. The molecule has 0 bridgehead atoms. The van der Waals surface area contributed by atoms with Gasteiger partial charge in [0.1, 0.15) is 6.42 Å². The highest BCUT2D eigenvalue weighted by Crippen LogP contribution is 2.20. The predicted molar refractivity (Wildman–Crippen MR) is 101 cm³/mol. The van der Waals surface area contributed by atoms with Crippen LogP contribution in [0.5, 0.6) is 0 Å². The molecule has 3 rings (SSSR count). The Morgan fingerprint density at radius 2 is 1.88 bits per heavy atom. The second kappa shape index (κ2) is 8.67. The van der Waals surface area contributed by atoms with Crippen molar-refractivity contribution >= 4 is 29.1 Å². The lowest BCUT2D eigenvalue weighted by Crippen LogP contribution is -2.49. The number of hydrogen-bond acceptors (Lipinski definition) is 4. The van der Waals surface area contributed by atoms with Crippen LogP contribution in [-0.4, -0.2) is 47.9 Å². The number of anilines is 1. The molecule has 1 saturated heterocycles. The van der Waals surface area contributed by atoms with Crippen molar-refractivity contribution in [2.45, 2.75) is 13.0 Å². The first-order chi connectivity index (χ1) is 12.6. The van der Waals surface area contributed by atoms with Crippen molar-refractivity contribution in [2.75, 3.05) is 31.1 Å². The van der Waals surface area contributed by atoms with E-state index in [1.807, 2.05) is 42.5 Å². The number of hydrogen-bond donors (Lipinski definition) is 1. The van der Waals surface area contributed by atoms with Gasteiger partial charge in [-0.15, -0.1) is 0 Å². The van der Waals surface area contributed by atoms with Gasteiger partial charge in [0.2, 0.25) is 11.8 Å². The van der Waals surface area contributed by atoms with Crippen LogP contribution in [0, 0.1) is 0 Å². The van der Waals surface area contributed by atoms with E-state index in [0.717, 1.165) is 24.5 Å². The van der Waals surface area contributed by atoms with Crippen LogP contribution in [0.25, 0.3) is 0 Å². The lowest BCUT2D eigenvalue weighted by Gasteiger charge is -2.36. The van der Waals surface area contributed by atoms with E-state index >= 15 is 0 Å². The van der Waals surface area contributed by atoms with Gasteiger partial charge in [0.15, 0.2) is 0 Å². The van der Waals surface area contributed by atoms with Crippen molar-refractivity contribution in [1.29, 1.82) is 0 Å². The van der Waals surface area contributed by atoms with Gasteiger partial charge in [-0.05, 0) is 30.3 Å². The molecule has 6 nitrogen and oxygen atoms in total. The number of benzene rings is 1. The Morgan fingerprint density at radius 1 is 1.08 bits per heavy atom. The molecule has 2 aromatic rings. The van der Waals surface area contributed by atoms with Gasteiger partial charge >= 0.3 is 0 Å². The fraction of sp³-hybridized carbons (Fsp3) is 0.316. The molecule has 0 aliphatic carbocycles. The van der Waals surface area contributed by atoms with Crippen LogP contribution in [-0.2, 0) is 16.1 Å². The quantitative estimate of drug-likeness (QED) is 0.816. The predicted octanol–water partition coefficient (Wildman–Crippen LogP) is 2.09.